The molecular weight excluding hydrogens is 432 g/mol. The molecule has 0 bridgehead atoms. The highest BCUT2D eigenvalue weighted by atomic mass is 32.2. The molecule has 4 rings (SSSR count). The summed E-state index contributed by atoms with van der Waals surface area (Å²) in [6, 6.07) is 12.5. The first-order valence-corrected chi connectivity index (χ1v) is 11.6. The second-order valence-corrected chi connectivity index (χ2v) is 9.41. The number of rotatable bonds is 6. The minimum atomic E-state index is -3.68. The number of sulfonamides is 1. The van der Waals surface area contributed by atoms with Crippen molar-refractivity contribution in [2.24, 2.45) is 0 Å². The lowest BCUT2D eigenvalue weighted by Crippen LogP contribution is -2.40. The molecule has 0 aliphatic carbocycles. The fraction of sp³-hybridized carbons (Fsp3) is 0.333. The van der Waals surface area contributed by atoms with Crippen molar-refractivity contribution in [3.63, 3.8) is 0 Å². The largest absolute Gasteiger partial charge is 0.379 e. The summed E-state index contributed by atoms with van der Waals surface area (Å²) in [5.74, 6) is 0.0439. The van der Waals surface area contributed by atoms with E-state index in [0.29, 0.717) is 43.4 Å². The zero-order valence-corrected chi connectivity index (χ0v) is 18.7. The van der Waals surface area contributed by atoms with Crippen molar-refractivity contribution in [3.8, 4) is 11.4 Å². The zero-order chi connectivity index (χ0) is 22.7. The minimum absolute atomic E-state index is 0.154. The van der Waals surface area contributed by atoms with Crippen molar-refractivity contribution in [2.75, 3.05) is 31.6 Å². The predicted molar refractivity (Wildman–Crippen MR) is 117 cm³/mol. The number of ether oxygens (including phenoxy) is 1. The summed E-state index contributed by atoms with van der Waals surface area (Å²) in [6.07, 6.45) is 0. The molecular formula is C21H24N6O4S. The van der Waals surface area contributed by atoms with Crippen LogP contribution in [0.5, 0.6) is 0 Å². The van der Waals surface area contributed by atoms with E-state index in [0.717, 1.165) is 11.1 Å². The normalized spacial score (nSPS) is 14.9. The summed E-state index contributed by atoms with van der Waals surface area (Å²) in [5, 5.41) is 15.0. The molecule has 0 atom stereocenters. The first-order chi connectivity index (χ1) is 15.3. The molecule has 0 spiro atoms. The first-order valence-electron chi connectivity index (χ1n) is 10.2. The number of aromatic nitrogens is 4. The number of carbonyl (C=O) groups excluding carboxylic acids is 1. The second-order valence-electron chi connectivity index (χ2n) is 7.50. The molecule has 2 aromatic carbocycles. The van der Waals surface area contributed by atoms with Crippen LogP contribution in [0, 0.1) is 13.8 Å². The molecule has 2 heterocycles. The average Bonchev–Trinajstić information content (AvgIpc) is 3.24. The van der Waals surface area contributed by atoms with E-state index in [4.69, 9.17) is 4.74 Å². The van der Waals surface area contributed by atoms with Crippen LogP contribution in [-0.2, 0) is 26.1 Å². The molecule has 1 aliphatic heterocycles. The van der Waals surface area contributed by atoms with Gasteiger partial charge in [0.05, 0.1) is 18.1 Å². The summed E-state index contributed by atoms with van der Waals surface area (Å²) in [7, 11) is -3.68. The highest BCUT2D eigenvalue weighted by Gasteiger charge is 2.28. The molecule has 1 aliphatic rings. The van der Waals surface area contributed by atoms with E-state index >= 15 is 0 Å². The van der Waals surface area contributed by atoms with Gasteiger partial charge in [-0.1, -0.05) is 30.3 Å². The lowest BCUT2D eigenvalue weighted by atomic mass is 10.1. The number of nitrogens with one attached hydrogen (secondary N) is 1. The predicted octanol–water partition coefficient (Wildman–Crippen LogP) is 1.62. The van der Waals surface area contributed by atoms with Gasteiger partial charge >= 0.3 is 0 Å². The molecule has 1 saturated heterocycles. The maximum Gasteiger partial charge on any atom is 0.248 e. The van der Waals surface area contributed by atoms with Crippen LogP contribution in [0.25, 0.3) is 11.4 Å². The van der Waals surface area contributed by atoms with Gasteiger partial charge in [0.1, 0.15) is 6.54 Å². The van der Waals surface area contributed by atoms with Crippen LogP contribution >= 0.6 is 0 Å². The van der Waals surface area contributed by atoms with Crippen LogP contribution in [0.1, 0.15) is 11.1 Å². The van der Waals surface area contributed by atoms with Gasteiger partial charge in [0, 0.05) is 24.3 Å². The van der Waals surface area contributed by atoms with Gasteiger partial charge in [-0.15, -0.1) is 10.2 Å². The quantitative estimate of drug-likeness (QED) is 0.598. The average molecular weight is 457 g/mol. The number of benzene rings is 2. The SMILES string of the molecule is Cc1ccccc1-c1nnn(CC(=O)Nc2ccc(C)c(S(=O)(=O)N3CCOCC3)c2)n1. The minimum Gasteiger partial charge on any atom is -0.379 e. The highest BCUT2D eigenvalue weighted by molar-refractivity contribution is 7.89. The molecule has 3 aromatic rings. The van der Waals surface area contributed by atoms with Gasteiger partial charge in [-0.25, -0.2) is 8.42 Å². The number of nitrogens with zero attached hydrogens (tertiary/aromatic N) is 5. The molecule has 32 heavy (non-hydrogen) atoms. The topological polar surface area (TPSA) is 119 Å². The van der Waals surface area contributed by atoms with E-state index in [9.17, 15) is 13.2 Å². The molecule has 1 fully saturated rings. The molecule has 11 heteroatoms. The number of carbonyl (C=O) groups is 1. The van der Waals surface area contributed by atoms with Gasteiger partial charge in [-0.3, -0.25) is 4.79 Å². The fourth-order valence-electron chi connectivity index (χ4n) is 3.45. The van der Waals surface area contributed by atoms with Crippen molar-refractivity contribution >= 4 is 21.6 Å². The maximum atomic E-state index is 13.0. The molecule has 0 saturated carbocycles. The molecule has 10 nitrogen and oxygen atoms in total. The zero-order valence-electron chi connectivity index (χ0n) is 17.9. The van der Waals surface area contributed by atoms with Crippen molar-refractivity contribution in [3.05, 3.63) is 53.6 Å². The molecule has 0 unspecified atom stereocenters. The third kappa shape index (κ3) is 4.69. The van der Waals surface area contributed by atoms with E-state index in [-0.39, 0.29) is 11.4 Å². The van der Waals surface area contributed by atoms with Gasteiger partial charge in [0.2, 0.25) is 21.8 Å². The van der Waals surface area contributed by atoms with Crippen LogP contribution in [0.15, 0.2) is 47.4 Å². The Morgan fingerprint density at radius 1 is 1.09 bits per heavy atom. The molecule has 1 aromatic heterocycles. The Labute approximate surface area is 186 Å². The van der Waals surface area contributed by atoms with E-state index in [1.807, 2.05) is 31.2 Å². The number of hydrogen-bond acceptors (Lipinski definition) is 7. The van der Waals surface area contributed by atoms with Gasteiger partial charge < -0.3 is 10.1 Å². The van der Waals surface area contributed by atoms with Crippen LogP contribution in [0.4, 0.5) is 5.69 Å². The van der Waals surface area contributed by atoms with E-state index in [1.54, 1.807) is 19.1 Å². The Morgan fingerprint density at radius 2 is 1.84 bits per heavy atom. The van der Waals surface area contributed by atoms with Gasteiger partial charge in [-0.05, 0) is 42.3 Å². The Bertz CT molecular complexity index is 1230. The van der Waals surface area contributed by atoms with E-state index in [1.165, 1.54) is 15.2 Å². The maximum absolute atomic E-state index is 13.0. The highest BCUT2D eigenvalue weighted by Crippen LogP contribution is 2.24. The Balaban J connectivity index is 1.47. The number of hydrogen-bond donors (Lipinski definition) is 1. The summed E-state index contributed by atoms with van der Waals surface area (Å²) >= 11 is 0. The lowest BCUT2D eigenvalue weighted by molar-refractivity contribution is -0.117. The third-order valence-electron chi connectivity index (χ3n) is 5.18. The van der Waals surface area contributed by atoms with Crippen LogP contribution < -0.4 is 5.32 Å². The van der Waals surface area contributed by atoms with Crippen LogP contribution in [0.2, 0.25) is 0 Å². The van der Waals surface area contributed by atoms with Crippen molar-refractivity contribution in [1.29, 1.82) is 0 Å². The second kappa shape index (κ2) is 9.15. The van der Waals surface area contributed by atoms with Crippen molar-refractivity contribution in [1.82, 2.24) is 24.5 Å². The number of morpholine rings is 1. The monoisotopic (exact) mass is 456 g/mol. The number of tetrazole rings is 1. The van der Waals surface area contributed by atoms with E-state index in [2.05, 4.69) is 20.7 Å². The number of aryl methyl sites for hydroxylation is 2. The summed E-state index contributed by atoms with van der Waals surface area (Å²) in [5.41, 5.74) is 2.84. The molecule has 1 amide bonds. The molecule has 168 valence electrons. The van der Waals surface area contributed by atoms with Gasteiger partial charge in [0.25, 0.3) is 0 Å². The lowest BCUT2D eigenvalue weighted by Gasteiger charge is -2.26. The number of amides is 1. The molecule has 1 N–H and O–H groups in total. The van der Waals surface area contributed by atoms with Gasteiger partial charge in [0.15, 0.2) is 0 Å². The van der Waals surface area contributed by atoms with E-state index < -0.39 is 15.9 Å². The Kier molecular flexibility index (Phi) is 6.31. The molecule has 0 radical (unpaired) electrons. The number of anilines is 1. The fourth-order valence-corrected chi connectivity index (χ4v) is 5.11. The summed E-state index contributed by atoms with van der Waals surface area (Å²) in [4.78, 5) is 13.9. The standard InChI is InChI=1S/C21H24N6O4S/c1-15-5-3-4-6-18(15)21-23-25-27(24-21)14-20(28)22-17-8-7-16(2)19(13-17)32(29,30)26-9-11-31-12-10-26/h3-8,13H,9-12,14H2,1-2H3,(H,22,28). The Morgan fingerprint density at radius 3 is 2.59 bits per heavy atom. The third-order valence-corrected chi connectivity index (χ3v) is 7.22. The van der Waals surface area contributed by atoms with Crippen molar-refractivity contribution in [2.45, 2.75) is 25.3 Å². The smallest absolute Gasteiger partial charge is 0.248 e. The van der Waals surface area contributed by atoms with Crippen LogP contribution in [0.3, 0.4) is 0 Å². The summed E-state index contributed by atoms with van der Waals surface area (Å²) in [6.45, 7) is 4.86. The summed E-state index contributed by atoms with van der Waals surface area (Å²) < 4.78 is 32.7. The van der Waals surface area contributed by atoms with Gasteiger partial charge in [-0.2, -0.15) is 9.10 Å². The Hall–Kier alpha value is -3.15. The van der Waals surface area contributed by atoms with Crippen LogP contribution in [-0.4, -0.2) is 65.1 Å². The van der Waals surface area contributed by atoms with Crippen molar-refractivity contribution < 1.29 is 17.9 Å². The first kappa shape index (κ1) is 22.1.